The van der Waals surface area contributed by atoms with E-state index in [0.717, 1.165) is 18.5 Å². The zero-order valence-corrected chi connectivity index (χ0v) is 12.3. The van der Waals surface area contributed by atoms with Crippen LogP contribution in [0.5, 0.6) is 0 Å². The van der Waals surface area contributed by atoms with E-state index in [1.807, 2.05) is 40.9 Å². The third-order valence-electron chi connectivity index (χ3n) is 3.52. The Morgan fingerprint density at radius 1 is 1.00 bits per heavy atom. The molecule has 0 aromatic heterocycles. The molecule has 2 nitrogen and oxygen atoms in total. The number of hydrogen-bond acceptors (Lipinski definition) is 2. The van der Waals surface area contributed by atoms with Crippen molar-refractivity contribution >= 4 is 23.5 Å². The Kier molecular flexibility index (Phi) is 3.79. The van der Waals surface area contributed by atoms with Crippen molar-refractivity contribution in [1.82, 2.24) is 0 Å². The highest BCUT2D eigenvalue weighted by Crippen LogP contribution is 2.35. The van der Waals surface area contributed by atoms with E-state index in [-0.39, 0.29) is 11.8 Å². The van der Waals surface area contributed by atoms with Crippen molar-refractivity contribution in [3.63, 3.8) is 0 Å². The van der Waals surface area contributed by atoms with Crippen LogP contribution >= 0.6 is 11.9 Å². The fraction of sp³-hybridized carbons (Fsp3) is 0.235. The second-order valence-corrected chi connectivity index (χ2v) is 5.73. The van der Waals surface area contributed by atoms with Gasteiger partial charge in [-0.2, -0.15) is 0 Å². The Morgan fingerprint density at radius 3 is 2.15 bits per heavy atom. The average Bonchev–Trinajstić information content (AvgIpc) is 3.34. The van der Waals surface area contributed by atoms with Crippen LogP contribution in [-0.2, 0) is 4.79 Å². The van der Waals surface area contributed by atoms with E-state index in [2.05, 4.69) is 24.3 Å². The maximum atomic E-state index is 12.2. The number of anilines is 1. The van der Waals surface area contributed by atoms with Crippen molar-refractivity contribution in [2.24, 2.45) is 5.92 Å². The highest BCUT2D eigenvalue weighted by atomic mass is 32.2. The molecular weight excluding hydrogens is 266 g/mol. The molecule has 3 rings (SSSR count). The van der Waals surface area contributed by atoms with Gasteiger partial charge in [0, 0.05) is 12.2 Å². The molecule has 1 aliphatic rings. The van der Waals surface area contributed by atoms with Gasteiger partial charge >= 0.3 is 0 Å². The molecule has 1 fully saturated rings. The van der Waals surface area contributed by atoms with Crippen molar-refractivity contribution < 1.29 is 4.79 Å². The van der Waals surface area contributed by atoms with Gasteiger partial charge < -0.3 is 0 Å². The van der Waals surface area contributed by atoms with Gasteiger partial charge in [-0.3, -0.25) is 9.10 Å². The second-order valence-electron chi connectivity index (χ2n) is 5.00. The zero-order valence-electron chi connectivity index (χ0n) is 11.5. The molecule has 0 spiro atoms. The number of hydrogen-bond donors (Lipinski definition) is 0. The molecule has 0 aliphatic heterocycles. The number of carbonyl (C=O) groups is 1. The van der Waals surface area contributed by atoms with Gasteiger partial charge in [0.15, 0.2) is 0 Å². The van der Waals surface area contributed by atoms with Crippen LogP contribution in [0.15, 0.2) is 54.6 Å². The van der Waals surface area contributed by atoms with Crippen molar-refractivity contribution in [1.29, 1.82) is 0 Å². The van der Waals surface area contributed by atoms with Crippen LogP contribution in [0.2, 0.25) is 0 Å². The molecule has 0 saturated heterocycles. The molecule has 0 atom stereocenters. The third kappa shape index (κ3) is 2.73. The molecule has 3 heteroatoms. The first-order chi connectivity index (χ1) is 9.79. The maximum Gasteiger partial charge on any atom is 0.240 e. The molecule has 1 aliphatic carbocycles. The van der Waals surface area contributed by atoms with Crippen LogP contribution in [-0.4, -0.2) is 12.2 Å². The lowest BCUT2D eigenvalue weighted by Crippen LogP contribution is -2.24. The van der Waals surface area contributed by atoms with Gasteiger partial charge in [-0.05, 0) is 48.0 Å². The number of carbonyl (C=O) groups excluding carboxylic acids is 1. The number of nitrogens with zero attached hydrogens (tertiary/aromatic N) is 1. The second kappa shape index (κ2) is 5.71. The lowest BCUT2D eigenvalue weighted by molar-refractivity contribution is -0.118. The van der Waals surface area contributed by atoms with Crippen molar-refractivity contribution in [3.8, 4) is 11.1 Å². The summed E-state index contributed by atoms with van der Waals surface area (Å²) in [5, 5.41) is 0. The SMILES string of the molecule is CSN(C(=O)C1CC1)c1ccc(-c2ccccc2)cc1. The minimum absolute atomic E-state index is 0.241. The van der Waals surface area contributed by atoms with Crippen molar-refractivity contribution in [2.45, 2.75) is 12.8 Å². The smallest absolute Gasteiger partial charge is 0.240 e. The Morgan fingerprint density at radius 2 is 1.60 bits per heavy atom. The molecule has 0 radical (unpaired) electrons. The topological polar surface area (TPSA) is 20.3 Å². The molecule has 0 unspecified atom stereocenters. The van der Waals surface area contributed by atoms with Gasteiger partial charge in [-0.25, -0.2) is 0 Å². The quantitative estimate of drug-likeness (QED) is 0.776. The number of rotatable bonds is 4. The van der Waals surface area contributed by atoms with E-state index in [1.165, 1.54) is 23.1 Å². The summed E-state index contributed by atoms with van der Waals surface area (Å²) in [6, 6.07) is 18.5. The fourth-order valence-electron chi connectivity index (χ4n) is 2.24. The Labute approximate surface area is 123 Å². The molecule has 1 amide bonds. The standard InChI is InChI=1S/C17H17NOS/c1-20-18(17(19)15-7-8-15)16-11-9-14(10-12-16)13-5-3-2-4-6-13/h2-6,9-12,15H,7-8H2,1H3. The van der Waals surface area contributed by atoms with E-state index < -0.39 is 0 Å². The normalized spacial score (nSPS) is 14.1. The lowest BCUT2D eigenvalue weighted by atomic mass is 10.1. The van der Waals surface area contributed by atoms with Crippen LogP contribution < -0.4 is 4.31 Å². The van der Waals surface area contributed by atoms with Gasteiger partial charge in [0.2, 0.25) is 5.91 Å². The molecule has 2 aromatic rings. The summed E-state index contributed by atoms with van der Waals surface area (Å²) < 4.78 is 1.81. The Bertz CT molecular complexity index is 590. The molecule has 0 N–H and O–H groups in total. The summed E-state index contributed by atoms with van der Waals surface area (Å²) in [7, 11) is 0. The van der Waals surface area contributed by atoms with Crippen molar-refractivity contribution in [3.05, 3.63) is 54.6 Å². The molecule has 102 valence electrons. The minimum atomic E-state index is 0.241. The van der Waals surface area contributed by atoms with E-state index in [1.54, 1.807) is 0 Å². The van der Waals surface area contributed by atoms with Crippen molar-refractivity contribution in [2.75, 3.05) is 10.6 Å². The highest BCUT2D eigenvalue weighted by molar-refractivity contribution is 8.00. The monoisotopic (exact) mass is 283 g/mol. The van der Waals surface area contributed by atoms with E-state index in [4.69, 9.17) is 0 Å². The van der Waals surface area contributed by atoms with Gasteiger partial charge in [0.1, 0.15) is 0 Å². The van der Waals surface area contributed by atoms with E-state index >= 15 is 0 Å². The minimum Gasteiger partial charge on any atom is -0.273 e. The average molecular weight is 283 g/mol. The van der Waals surface area contributed by atoms with Crippen LogP contribution in [0.1, 0.15) is 12.8 Å². The first-order valence-electron chi connectivity index (χ1n) is 6.83. The van der Waals surface area contributed by atoms with Gasteiger partial charge in [0.25, 0.3) is 0 Å². The number of amides is 1. The maximum absolute atomic E-state index is 12.2. The van der Waals surface area contributed by atoms with Gasteiger partial charge in [-0.1, -0.05) is 42.5 Å². The first kappa shape index (κ1) is 13.3. The molecule has 0 bridgehead atoms. The summed E-state index contributed by atoms with van der Waals surface area (Å²) in [6.07, 6.45) is 4.03. The van der Waals surface area contributed by atoms with Crippen LogP contribution in [0, 0.1) is 5.92 Å². The van der Waals surface area contributed by atoms with E-state index in [0.29, 0.717) is 0 Å². The van der Waals surface area contributed by atoms with Gasteiger partial charge in [-0.15, -0.1) is 0 Å². The molecule has 2 aromatic carbocycles. The highest BCUT2D eigenvalue weighted by Gasteiger charge is 2.34. The summed E-state index contributed by atoms with van der Waals surface area (Å²) in [6.45, 7) is 0. The Balaban J connectivity index is 1.83. The van der Waals surface area contributed by atoms with Gasteiger partial charge in [0.05, 0.1) is 5.69 Å². The molecular formula is C17H17NOS. The fourth-order valence-corrected chi connectivity index (χ4v) is 2.90. The predicted molar refractivity (Wildman–Crippen MR) is 85.6 cm³/mol. The lowest BCUT2D eigenvalue weighted by Gasteiger charge is -2.19. The molecule has 1 saturated carbocycles. The summed E-state index contributed by atoms with van der Waals surface area (Å²) in [5.74, 6) is 0.487. The van der Waals surface area contributed by atoms with Crippen LogP contribution in [0.4, 0.5) is 5.69 Å². The molecule has 20 heavy (non-hydrogen) atoms. The predicted octanol–water partition coefficient (Wildman–Crippen LogP) is 4.37. The summed E-state index contributed by atoms with van der Waals surface area (Å²) in [4.78, 5) is 12.2. The largest absolute Gasteiger partial charge is 0.273 e. The summed E-state index contributed by atoms with van der Waals surface area (Å²) in [5.41, 5.74) is 3.34. The summed E-state index contributed by atoms with van der Waals surface area (Å²) >= 11 is 1.48. The molecule has 0 heterocycles. The zero-order chi connectivity index (χ0) is 13.9. The Hall–Kier alpha value is -1.74. The number of benzene rings is 2. The third-order valence-corrected chi connectivity index (χ3v) is 4.27. The van der Waals surface area contributed by atoms with Crippen LogP contribution in [0.3, 0.4) is 0 Å². The van der Waals surface area contributed by atoms with Crippen LogP contribution in [0.25, 0.3) is 11.1 Å². The van der Waals surface area contributed by atoms with E-state index in [9.17, 15) is 4.79 Å². The first-order valence-corrected chi connectivity index (χ1v) is 8.01.